The number of rotatable bonds is 9. The van der Waals surface area contributed by atoms with Crippen molar-refractivity contribution < 1.29 is 0 Å². The van der Waals surface area contributed by atoms with Gasteiger partial charge in [-0.15, -0.1) is 0 Å². The molecule has 2 atom stereocenters. The molecule has 0 rings (SSSR count). The van der Waals surface area contributed by atoms with E-state index in [-0.39, 0.29) is 0 Å². The van der Waals surface area contributed by atoms with Crippen LogP contribution in [0.1, 0.15) is 100 Å². The Kier molecular flexibility index (Phi) is 8.32. The van der Waals surface area contributed by atoms with E-state index in [1.165, 1.54) is 44.9 Å². The van der Waals surface area contributed by atoms with Gasteiger partial charge in [0.15, 0.2) is 0 Å². The summed E-state index contributed by atoms with van der Waals surface area (Å²) in [7, 11) is 0. The van der Waals surface area contributed by atoms with Gasteiger partial charge in [0.1, 0.15) is 0 Å². The van der Waals surface area contributed by atoms with Crippen molar-refractivity contribution in [3.63, 3.8) is 0 Å². The minimum absolute atomic E-state index is 0.489. The lowest BCUT2D eigenvalue weighted by molar-refractivity contribution is 0.215. The third kappa shape index (κ3) is 10.4. The summed E-state index contributed by atoms with van der Waals surface area (Å²) in [5.41, 5.74) is 1.03. The molecule has 0 aliphatic rings. The third-order valence-corrected chi connectivity index (χ3v) is 4.37. The van der Waals surface area contributed by atoms with Gasteiger partial charge in [-0.1, -0.05) is 81.1 Å². The number of hydrogen-bond acceptors (Lipinski definition) is 0. The van der Waals surface area contributed by atoms with Crippen molar-refractivity contribution in [2.24, 2.45) is 22.7 Å². The van der Waals surface area contributed by atoms with Gasteiger partial charge in [-0.25, -0.2) is 0 Å². The smallest absolute Gasteiger partial charge is 0.0352 e. The fraction of sp³-hybridized carbons (Fsp3) is 1.00. The quantitative estimate of drug-likeness (QED) is 0.419. The van der Waals surface area contributed by atoms with Crippen molar-refractivity contribution in [1.82, 2.24) is 0 Å². The average molecular weight is 269 g/mol. The second-order valence-electron chi connectivity index (χ2n) is 8.84. The van der Waals surface area contributed by atoms with Crippen LogP contribution >= 0.6 is 0 Å². The summed E-state index contributed by atoms with van der Waals surface area (Å²) in [5.74, 6) is 1.81. The first-order chi connectivity index (χ1) is 8.59. The molecule has 0 bridgehead atoms. The van der Waals surface area contributed by atoms with Crippen LogP contribution in [-0.2, 0) is 0 Å². The maximum absolute atomic E-state index is 2.46. The molecular weight excluding hydrogens is 228 g/mol. The van der Waals surface area contributed by atoms with Gasteiger partial charge in [-0.3, -0.25) is 0 Å². The first-order valence-corrected chi connectivity index (χ1v) is 8.59. The molecule has 0 amide bonds. The molecular formula is C19H40. The SMILES string of the molecule is CCCC(C)(C)CC(CC)CCC(C)CC(C)(C)C. The van der Waals surface area contributed by atoms with Crippen LogP contribution in [0.2, 0.25) is 0 Å². The normalized spacial score (nSPS) is 16.4. The maximum atomic E-state index is 2.46. The first-order valence-electron chi connectivity index (χ1n) is 8.59. The van der Waals surface area contributed by atoms with Crippen LogP contribution in [0, 0.1) is 22.7 Å². The maximum Gasteiger partial charge on any atom is -0.0352 e. The molecule has 0 N–H and O–H groups in total. The van der Waals surface area contributed by atoms with E-state index in [0.717, 1.165) is 11.8 Å². The van der Waals surface area contributed by atoms with Crippen LogP contribution in [0.4, 0.5) is 0 Å². The van der Waals surface area contributed by atoms with E-state index < -0.39 is 0 Å². The highest BCUT2D eigenvalue weighted by Crippen LogP contribution is 2.35. The summed E-state index contributed by atoms with van der Waals surface area (Å²) >= 11 is 0. The summed E-state index contributed by atoms with van der Waals surface area (Å²) in [4.78, 5) is 0. The Morgan fingerprint density at radius 1 is 0.842 bits per heavy atom. The molecule has 116 valence electrons. The lowest BCUT2D eigenvalue weighted by Crippen LogP contribution is -2.18. The second kappa shape index (κ2) is 8.32. The van der Waals surface area contributed by atoms with Crippen LogP contribution in [0.25, 0.3) is 0 Å². The highest BCUT2D eigenvalue weighted by atomic mass is 14.3. The molecule has 0 aromatic heterocycles. The van der Waals surface area contributed by atoms with E-state index in [1.807, 2.05) is 0 Å². The zero-order valence-electron chi connectivity index (χ0n) is 15.1. The molecule has 0 aromatic rings. The molecule has 0 aromatic carbocycles. The van der Waals surface area contributed by atoms with Crippen molar-refractivity contribution >= 4 is 0 Å². The predicted molar refractivity (Wildman–Crippen MR) is 89.6 cm³/mol. The van der Waals surface area contributed by atoms with Gasteiger partial charge >= 0.3 is 0 Å². The van der Waals surface area contributed by atoms with Gasteiger partial charge in [-0.05, 0) is 41.9 Å². The lowest BCUT2D eigenvalue weighted by Gasteiger charge is -2.30. The van der Waals surface area contributed by atoms with Gasteiger partial charge in [-0.2, -0.15) is 0 Å². The predicted octanol–water partition coefficient (Wildman–Crippen LogP) is 7.08. The highest BCUT2D eigenvalue weighted by molar-refractivity contribution is 4.74. The van der Waals surface area contributed by atoms with Gasteiger partial charge in [0.25, 0.3) is 0 Å². The van der Waals surface area contributed by atoms with E-state index in [9.17, 15) is 0 Å². The molecule has 0 heteroatoms. The molecule has 0 saturated heterocycles. The van der Waals surface area contributed by atoms with E-state index in [0.29, 0.717) is 10.8 Å². The molecule has 0 nitrogen and oxygen atoms in total. The van der Waals surface area contributed by atoms with Crippen LogP contribution in [0.3, 0.4) is 0 Å². The van der Waals surface area contributed by atoms with Crippen molar-refractivity contribution in [1.29, 1.82) is 0 Å². The molecule has 0 spiro atoms. The summed E-state index contributed by atoms with van der Waals surface area (Å²) in [6.07, 6.45) is 9.68. The molecule has 0 aliphatic carbocycles. The topological polar surface area (TPSA) is 0 Å². The van der Waals surface area contributed by atoms with Gasteiger partial charge in [0.2, 0.25) is 0 Å². The van der Waals surface area contributed by atoms with Gasteiger partial charge in [0, 0.05) is 0 Å². The van der Waals surface area contributed by atoms with Crippen LogP contribution < -0.4 is 0 Å². The fourth-order valence-electron chi connectivity index (χ4n) is 3.68. The largest absolute Gasteiger partial charge is 0.0654 e. The second-order valence-corrected chi connectivity index (χ2v) is 8.84. The Labute approximate surface area is 123 Å². The molecule has 0 aliphatic heterocycles. The molecule has 2 unspecified atom stereocenters. The Bertz CT molecular complexity index is 219. The Balaban J connectivity index is 4.13. The van der Waals surface area contributed by atoms with Crippen LogP contribution in [0.5, 0.6) is 0 Å². The van der Waals surface area contributed by atoms with Crippen LogP contribution in [0.15, 0.2) is 0 Å². The summed E-state index contributed by atoms with van der Waals surface area (Å²) in [6.45, 7) is 19.1. The molecule has 0 radical (unpaired) electrons. The minimum atomic E-state index is 0.489. The molecule has 0 heterocycles. The van der Waals surface area contributed by atoms with Crippen molar-refractivity contribution in [3.8, 4) is 0 Å². The van der Waals surface area contributed by atoms with Crippen molar-refractivity contribution in [2.45, 2.75) is 100 Å². The zero-order valence-corrected chi connectivity index (χ0v) is 15.1. The lowest BCUT2D eigenvalue weighted by atomic mass is 9.75. The minimum Gasteiger partial charge on any atom is -0.0654 e. The fourth-order valence-corrected chi connectivity index (χ4v) is 3.68. The zero-order chi connectivity index (χ0) is 15.1. The standard InChI is InChI=1S/C19H40/c1-9-13-19(7,8)15-17(10-2)12-11-16(3)14-18(4,5)6/h16-17H,9-15H2,1-8H3. The Hall–Kier alpha value is 0. The van der Waals surface area contributed by atoms with E-state index in [1.54, 1.807) is 0 Å². The van der Waals surface area contributed by atoms with Gasteiger partial charge in [0.05, 0.1) is 0 Å². The molecule has 0 fully saturated rings. The summed E-state index contributed by atoms with van der Waals surface area (Å²) < 4.78 is 0. The highest BCUT2D eigenvalue weighted by Gasteiger charge is 2.22. The Morgan fingerprint density at radius 2 is 1.42 bits per heavy atom. The summed E-state index contributed by atoms with van der Waals surface area (Å²) in [5, 5.41) is 0. The Morgan fingerprint density at radius 3 is 1.84 bits per heavy atom. The first kappa shape index (κ1) is 19.0. The molecule has 19 heavy (non-hydrogen) atoms. The van der Waals surface area contributed by atoms with Gasteiger partial charge < -0.3 is 0 Å². The van der Waals surface area contributed by atoms with Crippen LogP contribution in [-0.4, -0.2) is 0 Å². The molecule has 0 saturated carbocycles. The third-order valence-electron chi connectivity index (χ3n) is 4.37. The monoisotopic (exact) mass is 268 g/mol. The number of hydrogen-bond donors (Lipinski definition) is 0. The summed E-state index contributed by atoms with van der Waals surface area (Å²) in [6, 6.07) is 0. The van der Waals surface area contributed by atoms with E-state index in [2.05, 4.69) is 55.4 Å². The van der Waals surface area contributed by atoms with Crippen molar-refractivity contribution in [3.05, 3.63) is 0 Å². The average Bonchev–Trinajstić information content (AvgIpc) is 2.21. The van der Waals surface area contributed by atoms with E-state index in [4.69, 9.17) is 0 Å². The van der Waals surface area contributed by atoms with E-state index >= 15 is 0 Å². The van der Waals surface area contributed by atoms with Crippen molar-refractivity contribution in [2.75, 3.05) is 0 Å².